The Morgan fingerprint density at radius 3 is 0.912 bits per heavy atom. The van der Waals surface area contributed by atoms with Crippen molar-refractivity contribution in [3.8, 4) is 0 Å². The number of rotatable bonds is 11. The summed E-state index contributed by atoms with van der Waals surface area (Å²) in [5.41, 5.74) is 24.1. The molecule has 0 bridgehead atoms. The third kappa shape index (κ3) is 15.2. The van der Waals surface area contributed by atoms with E-state index in [9.17, 15) is 0 Å². The first-order chi connectivity index (χ1) is 32.1. The molecule has 2 fully saturated rings. The molecule has 8 heteroatoms. The van der Waals surface area contributed by atoms with Gasteiger partial charge in [0.25, 0.3) is 0 Å². The molecule has 2 aliphatic rings. The first-order valence-electron chi connectivity index (χ1n) is 25.2. The molecule has 0 atom stereocenters. The largest absolute Gasteiger partial charge is 0.352 e. The molecule has 7 rings (SSSR count). The highest BCUT2D eigenvalue weighted by atomic mass is 127. The number of nitrogens with zero attached hydrogens (tertiary/aromatic N) is 4. The molecule has 0 unspecified atom stereocenters. The van der Waals surface area contributed by atoms with Crippen LogP contribution in [0.4, 0.5) is 22.7 Å². The van der Waals surface area contributed by atoms with Crippen molar-refractivity contribution in [1.29, 1.82) is 0 Å². The van der Waals surface area contributed by atoms with Gasteiger partial charge < -0.3 is 19.6 Å². The van der Waals surface area contributed by atoms with Gasteiger partial charge in [-0.1, -0.05) is 170 Å². The first kappa shape index (κ1) is 58.0. The van der Waals surface area contributed by atoms with Crippen LogP contribution in [0.15, 0.2) is 77.7 Å². The monoisotopic (exact) mass is 1180 g/mol. The predicted octanol–water partition coefficient (Wildman–Crippen LogP) is 18.8. The normalized spacial score (nSPS) is 13.6. The minimum atomic E-state index is 0.534. The van der Waals surface area contributed by atoms with Crippen LogP contribution in [0.1, 0.15) is 165 Å². The van der Waals surface area contributed by atoms with Crippen molar-refractivity contribution < 1.29 is 0 Å². The van der Waals surface area contributed by atoms with Crippen molar-refractivity contribution in [3.63, 3.8) is 0 Å². The van der Waals surface area contributed by atoms with Gasteiger partial charge in [0.15, 0.2) is 0 Å². The molecule has 2 heterocycles. The highest BCUT2D eigenvalue weighted by Crippen LogP contribution is 2.41. The topological polar surface area (TPSA) is 13.0 Å². The Bertz CT molecular complexity index is 2150. The maximum Gasteiger partial charge on any atom is 0.0904 e. The molecule has 0 N–H and O–H groups in total. The van der Waals surface area contributed by atoms with E-state index in [2.05, 4.69) is 259 Å². The lowest BCUT2D eigenvalue weighted by Crippen LogP contribution is -2.28. The van der Waals surface area contributed by atoms with Gasteiger partial charge in [-0.05, 0) is 169 Å². The minimum Gasteiger partial charge on any atom is -0.352 e. The van der Waals surface area contributed by atoms with Crippen LogP contribution in [0.25, 0.3) is 0 Å². The first-order valence-corrected chi connectivity index (χ1v) is 32.0. The van der Waals surface area contributed by atoms with E-state index >= 15 is 0 Å². The van der Waals surface area contributed by atoms with Crippen LogP contribution in [-0.2, 0) is 0 Å². The molecular weight excluding hydrogens is 1090 g/mol. The minimum absolute atomic E-state index is 0.534. The zero-order chi connectivity index (χ0) is 50.6. The fourth-order valence-electron chi connectivity index (χ4n) is 10.4. The molecular formula is C60H86I2N4S2. The van der Waals surface area contributed by atoms with E-state index in [0.29, 0.717) is 23.7 Å². The summed E-state index contributed by atoms with van der Waals surface area (Å²) < 4.78 is 0. The molecule has 2 saturated heterocycles. The van der Waals surface area contributed by atoms with Gasteiger partial charge in [0, 0.05) is 80.8 Å². The van der Waals surface area contributed by atoms with E-state index in [-0.39, 0.29) is 0 Å². The average Bonchev–Trinajstić information content (AvgIpc) is 3.94. The lowest BCUT2D eigenvalue weighted by atomic mass is 9.92. The second-order valence-electron chi connectivity index (χ2n) is 20.6. The Morgan fingerprint density at radius 2 is 0.691 bits per heavy atom. The summed E-state index contributed by atoms with van der Waals surface area (Å²) in [7, 11) is 3.67. The summed E-state index contributed by atoms with van der Waals surface area (Å²) in [6.45, 7) is 46.9. The van der Waals surface area contributed by atoms with Crippen LogP contribution in [0.5, 0.6) is 0 Å². The number of hydrogen-bond donors (Lipinski definition) is 0. The zero-order valence-electron chi connectivity index (χ0n) is 45.3. The van der Waals surface area contributed by atoms with Gasteiger partial charge in [0.2, 0.25) is 0 Å². The van der Waals surface area contributed by atoms with E-state index in [0.717, 1.165) is 39.5 Å². The Labute approximate surface area is 448 Å². The van der Waals surface area contributed by atoms with Crippen molar-refractivity contribution in [3.05, 3.63) is 145 Å². The SMILES string of the molecule is CC(C)c1cccc(C(C)C)c1N1CCN(c2c(C(C)C)cccc2C(C)C)C1.CCCSI.Cc1cc(C)c(N2CCN(c3c(C)cc(C)cc3C)C2)c(C)c1.Cc1cc(C)c(SI)c(C)c1. The Morgan fingerprint density at radius 1 is 0.426 bits per heavy atom. The molecule has 68 heavy (non-hydrogen) atoms. The van der Waals surface area contributed by atoms with Gasteiger partial charge in [-0.25, -0.2) is 0 Å². The van der Waals surface area contributed by atoms with Crippen LogP contribution in [-0.4, -0.2) is 45.3 Å². The summed E-state index contributed by atoms with van der Waals surface area (Å²) in [5, 5.41) is 0. The van der Waals surface area contributed by atoms with Gasteiger partial charge in [0.1, 0.15) is 0 Å². The Kier molecular flexibility index (Phi) is 23.3. The third-order valence-corrected chi connectivity index (χ3v) is 17.1. The lowest BCUT2D eigenvalue weighted by molar-refractivity contribution is 0.797. The summed E-state index contributed by atoms with van der Waals surface area (Å²) in [5.74, 6) is 3.43. The number of benzene rings is 5. The summed E-state index contributed by atoms with van der Waals surface area (Å²) in [4.78, 5) is 11.7. The molecule has 5 aromatic carbocycles. The van der Waals surface area contributed by atoms with Crippen molar-refractivity contribution in [1.82, 2.24) is 0 Å². The number of anilines is 4. The van der Waals surface area contributed by atoms with Crippen LogP contribution in [0.2, 0.25) is 0 Å². The second kappa shape index (κ2) is 27.3. The van der Waals surface area contributed by atoms with E-state index in [1.165, 1.54) is 112 Å². The fourth-order valence-corrected chi connectivity index (χ4v) is 14.3. The molecule has 0 aliphatic carbocycles. The fraction of sp³-hybridized carbons (Fsp3) is 0.500. The van der Waals surface area contributed by atoms with Gasteiger partial charge >= 0.3 is 0 Å². The van der Waals surface area contributed by atoms with Gasteiger partial charge in [-0.3, -0.25) is 0 Å². The van der Waals surface area contributed by atoms with Crippen LogP contribution in [0, 0.1) is 62.3 Å². The van der Waals surface area contributed by atoms with Gasteiger partial charge in [-0.15, -0.1) is 0 Å². The van der Waals surface area contributed by atoms with Crippen molar-refractivity contribution in [2.45, 2.75) is 160 Å². The second-order valence-corrected chi connectivity index (χ2v) is 25.0. The van der Waals surface area contributed by atoms with Crippen LogP contribution < -0.4 is 19.6 Å². The molecule has 2 aliphatic heterocycles. The summed E-state index contributed by atoms with van der Waals surface area (Å²) in [6.07, 6.45) is 1.30. The van der Waals surface area contributed by atoms with E-state index in [4.69, 9.17) is 0 Å². The van der Waals surface area contributed by atoms with Gasteiger partial charge in [0.05, 0.1) is 13.3 Å². The summed E-state index contributed by atoms with van der Waals surface area (Å²) in [6, 6.07) is 27.5. The standard InChI is InChI=1S/C27H40N2.C21H28N2.C9H11IS.C3H7IS/c1-18(2)22-11-9-12-23(19(3)4)26(22)28-15-16-29(17-28)27-24(20(5)6)13-10-14-25(27)21(7)8;1-14-9-16(3)20(17(4)10-14)22-7-8-23(13-22)21-18(5)11-15(2)12-19(21)6;1-6-4-7(2)9(11-10)8(3)5-6;1-2-3-5-4/h9-14,18-21H,15-17H2,1-8H3;9-12H,7-8,13H2,1-6H3;4-5H,1-3H3;2-3H2,1H3. The maximum atomic E-state index is 2.63. The van der Waals surface area contributed by atoms with E-state index < -0.39 is 0 Å². The predicted molar refractivity (Wildman–Crippen MR) is 327 cm³/mol. The highest BCUT2D eigenvalue weighted by molar-refractivity contribution is 14.2. The molecule has 0 spiro atoms. The number of para-hydroxylation sites is 2. The van der Waals surface area contributed by atoms with E-state index in [1.54, 1.807) is 8.93 Å². The van der Waals surface area contributed by atoms with Crippen molar-refractivity contribution in [2.24, 2.45) is 0 Å². The molecule has 0 saturated carbocycles. The molecule has 372 valence electrons. The summed E-state index contributed by atoms with van der Waals surface area (Å²) >= 11 is 4.64. The van der Waals surface area contributed by atoms with Crippen LogP contribution in [0.3, 0.4) is 0 Å². The van der Waals surface area contributed by atoms with Crippen molar-refractivity contribution in [2.75, 3.05) is 64.9 Å². The number of aryl methyl sites for hydroxylation is 9. The third-order valence-electron chi connectivity index (χ3n) is 13.1. The lowest BCUT2D eigenvalue weighted by Gasteiger charge is -2.31. The van der Waals surface area contributed by atoms with Crippen molar-refractivity contribution >= 4 is 83.0 Å². The quantitative estimate of drug-likeness (QED) is 0.121. The number of hydrogen-bond acceptors (Lipinski definition) is 6. The number of halogens is 2. The molecule has 0 aromatic heterocycles. The maximum absolute atomic E-state index is 2.63. The van der Waals surface area contributed by atoms with Crippen LogP contribution >= 0.6 is 60.3 Å². The molecule has 4 nitrogen and oxygen atoms in total. The average molecular weight is 1180 g/mol. The molecule has 5 aromatic rings. The molecule has 0 radical (unpaired) electrons. The van der Waals surface area contributed by atoms with Gasteiger partial charge in [-0.2, -0.15) is 0 Å². The zero-order valence-corrected chi connectivity index (χ0v) is 51.2. The molecule has 0 amide bonds. The Hall–Kier alpha value is -2.54. The Balaban J connectivity index is 0.000000228. The highest BCUT2D eigenvalue weighted by Gasteiger charge is 2.30. The smallest absolute Gasteiger partial charge is 0.0904 e. The van der Waals surface area contributed by atoms with E-state index in [1.807, 2.05) is 8.93 Å².